The van der Waals surface area contributed by atoms with E-state index in [0.717, 1.165) is 39.0 Å². The molecule has 0 bridgehead atoms. The van der Waals surface area contributed by atoms with Crippen LogP contribution in [0.3, 0.4) is 0 Å². The van der Waals surface area contributed by atoms with E-state index in [9.17, 15) is 4.79 Å². The van der Waals surface area contributed by atoms with Gasteiger partial charge in [-0.3, -0.25) is 14.8 Å². The Morgan fingerprint density at radius 1 is 0.811 bits per heavy atom. The molecule has 2 aromatic carbocycles. The van der Waals surface area contributed by atoms with E-state index in [1.165, 1.54) is 0 Å². The number of benzene rings is 2. The number of fused-ring (bicyclic) bond motifs is 1. The van der Waals surface area contributed by atoms with Gasteiger partial charge in [-0.25, -0.2) is 9.67 Å². The fourth-order valence-electron chi connectivity index (χ4n) is 4.30. The first-order valence-corrected chi connectivity index (χ1v) is 11.9. The van der Waals surface area contributed by atoms with Gasteiger partial charge in [-0.2, -0.15) is 5.10 Å². The van der Waals surface area contributed by atoms with Crippen molar-refractivity contribution in [3.05, 3.63) is 127 Å². The van der Waals surface area contributed by atoms with Gasteiger partial charge in [0.15, 0.2) is 0 Å². The number of aromatic nitrogens is 5. The Hall–Kier alpha value is -5.17. The minimum absolute atomic E-state index is 0.183. The highest BCUT2D eigenvalue weighted by Crippen LogP contribution is 2.26. The largest absolute Gasteiger partial charge is 0.348 e. The van der Waals surface area contributed by atoms with Gasteiger partial charge in [0.05, 0.1) is 28.2 Å². The topological polar surface area (TPSA) is 85.6 Å². The number of carbonyl (C=O) groups excluding carboxylic acids is 1. The van der Waals surface area contributed by atoms with Gasteiger partial charge in [-0.15, -0.1) is 0 Å². The number of nitrogens with zero attached hydrogens (tertiary/aromatic N) is 5. The van der Waals surface area contributed by atoms with Crippen LogP contribution in [0.25, 0.3) is 39.1 Å². The second-order valence-corrected chi connectivity index (χ2v) is 8.52. The summed E-state index contributed by atoms with van der Waals surface area (Å²) in [5, 5.41) is 8.73. The van der Waals surface area contributed by atoms with Gasteiger partial charge in [0.2, 0.25) is 0 Å². The first kappa shape index (κ1) is 22.3. The molecule has 7 heteroatoms. The Labute approximate surface area is 213 Å². The molecule has 0 atom stereocenters. The lowest BCUT2D eigenvalue weighted by Crippen LogP contribution is -2.23. The molecular weight excluding hydrogens is 460 g/mol. The van der Waals surface area contributed by atoms with Gasteiger partial charge in [0.1, 0.15) is 0 Å². The summed E-state index contributed by atoms with van der Waals surface area (Å²) in [6, 6.07) is 27.0. The third kappa shape index (κ3) is 4.58. The van der Waals surface area contributed by atoms with Crippen LogP contribution in [-0.4, -0.2) is 30.6 Å². The molecule has 4 heterocycles. The monoisotopic (exact) mass is 482 g/mol. The molecule has 0 spiro atoms. The quantitative estimate of drug-likeness (QED) is 0.340. The number of para-hydroxylation sites is 2. The first-order chi connectivity index (χ1) is 18.3. The predicted molar refractivity (Wildman–Crippen MR) is 143 cm³/mol. The standard InChI is InChI=1S/C30H22N6O/c37-30(26-17-28(22-7-6-14-32-18-22)34-27-11-5-4-10-25(26)27)33-19-23-20-36(24-8-2-1-3-9-24)35-29(23)21-12-15-31-16-13-21/h1-18,20H,19H2,(H,33,37). The summed E-state index contributed by atoms with van der Waals surface area (Å²) in [4.78, 5) is 26.6. The second-order valence-electron chi connectivity index (χ2n) is 8.52. The van der Waals surface area contributed by atoms with Crippen molar-refractivity contribution in [2.45, 2.75) is 6.54 Å². The van der Waals surface area contributed by atoms with E-state index in [-0.39, 0.29) is 5.91 Å². The van der Waals surface area contributed by atoms with Gasteiger partial charge in [0, 0.05) is 59.6 Å². The van der Waals surface area contributed by atoms with Crippen molar-refractivity contribution < 1.29 is 4.79 Å². The maximum absolute atomic E-state index is 13.5. The van der Waals surface area contributed by atoms with Gasteiger partial charge < -0.3 is 5.32 Å². The lowest BCUT2D eigenvalue weighted by atomic mass is 10.0. The minimum atomic E-state index is -0.183. The molecule has 6 aromatic rings. The van der Waals surface area contributed by atoms with Gasteiger partial charge in [-0.1, -0.05) is 36.4 Å². The van der Waals surface area contributed by atoms with Gasteiger partial charge >= 0.3 is 0 Å². The lowest BCUT2D eigenvalue weighted by molar-refractivity contribution is 0.0952. The van der Waals surface area contributed by atoms with Crippen molar-refractivity contribution in [2.75, 3.05) is 0 Å². The van der Waals surface area contributed by atoms with E-state index in [4.69, 9.17) is 10.1 Å². The summed E-state index contributed by atoms with van der Waals surface area (Å²) in [7, 11) is 0. The van der Waals surface area contributed by atoms with Gasteiger partial charge in [0.25, 0.3) is 5.91 Å². The van der Waals surface area contributed by atoms with Crippen LogP contribution in [-0.2, 0) is 6.54 Å². The Balaban J connectivity index is 1.35. The third-order valence-corrected chi connectivity index (χ3v) is 6.12. The summed E-state index contributed by atoms with van der Waals surface area (Å²) >= 11 is 0. The minimum Gasteiger partial charge on any atom is -0.348 e. The zero-order valence-corrected chi connectivity index (χ0v) is 19.8. The summed E-state index contributed by atoms with van der Waals surface area (Å²) in [6.45, 7) is 0.308. The van der Waals surface area contributed by atoms with Crippen LogP contribution in [0, 0.1) is 0 Å². The van der Waals surface area contributed by atoms with Crippen LogP contribution in [0.4, 0.5) is 0 Å². The Bertz CT molecular complexity index is 1680. The first-order valence-electron chi connectivity index (χ1n) is 11.9. The fraction of sp³-hybridized carbons (Fsp3) is 0.0333. The average molecular weight is 483 g/mol. The normalized spacial score (nSPS) is 10.9. The van der Waals surface area contributed by atoms with E-state index in [1.807, 2.05) is 95.8 Å². The summed E-state index contributed by atoms with van der Waals surface area (Å²) < 4.78 is 1.83. The summed E-state index contributed by atoms with van der Waals surface area (Å²) in [5.74, 6) is -0.183. The molecule has 0 aliphatic heterocycles. The second kappa shape index (κ2) is 9.83. The molecule has 0 radical (unpaired) electrons. The summed E-state index contributed by atoms with van der Waals surface area (Å²) in [5.41, 5.74) is 6.43. The van der Waals surface area contributed by atoms with Gasteiger partial charge in [-0.05, 0) is 48.5 Å². The SMILES string of the molecule is O=C(NCc1cn(-c2ccccc2)nc1-c1ccncc1)c1cc(-c2cccnc2)nc2ccccc12. The van der Waals surface area contributed by atoms with Crippen molar-refractivity contribution in [1.82, 2.24) is 30.0 Å². The molecule has 1 N–H and O–H groups in total. The number of carbonyl (C=O) groups is 1. The van der Waals surface area contributed by atoms with E-state index < -0.39 is 0 Å². The molecule has 0 unspecified atom stereocenters. The predicted octanol–water partition coefficient (Wildman–Crippen LogP) is 5.47. The highest BCUT2D eigenvalue weighted by molar-refractivity contribution is 6.07. The molecule has 37 heavy (non-hydrogen) atoms. The van der Waals surface area contributed by atoms with E-state index in [1.54, 1.807) is 24.8 Å². The van der Waals surface area contributed by atoms with Crippen molar-refractivity contribution in [1.29, 1.82) is 0 Å². The zero-order valence-electron chi connectivity index (χ0n) is 19.8. The van der Waals surface area contributed by atoms with Crippen molar-refractivity contribution >= 4 is 16.8 Å². The van der Waals surface area contributed by atoms with Crippen LogP contribution in [0.5, 0.6) is 0 Å². The Morgan fingerprint density at radius 2 is 1.62 bits per heavy atom. The highest BCUT2D eigenvalue weighted by atomic mass is 16.1. The molecule has 6 rings (SSSR count). The van der Waals surface area contributed by atoms with Crippen LogP contribution in [0.2, 0.25) is 0 Å². The Morgan fingerprint density at radius 3 is 2.43 bits per heavy atom. The maximum atomic E-state index is 13.5. The van der Waals surface area contributed by atoms with E-state index >= 15 is 0 Å². The third-order valence-electron chi connectivity index (χ3n) is 6.12. The summed E-state index contributed by atoms with van der Waals surface area (Å²) in [6.07, 6.45) is 8.90. The molecule has 1 amide bonds. The average Bonchev–Trinajstić information content (AvgIpc) is 3.41. The van der Waals surface area contributed by atoms with Crippen LogP contribution < -0.4 is 5.32 Å². The molecule has 0 saturated carbocycles. The van der Waals surface area contributed by atoms with Crippen molar-refractivity contribution in [3.8, 4) is 28.2 Å². The van der Waals surface area contributed by atoms with Crippen LogP contribution >= 0.6 is 0 Å². The highest BCUT2D eigenvalue weighted by Gasteiger charge is 2.17. The van der Waals surface area contributed by atoms with E-state index in [2.05, 4.69) is 15.3 Å². The van der Waals surface area contributed by atoms with Crippen LogP contribution in [0.15, 0.2) is 116 Å². The zero-order chi connectivity index (χ0) is 25.0. The number of rotatable bonds is 6. The Kier molecular flexibility index (Phi) is 5.93. The number of pyridine rings is 3. The van der Waals surface area contributed by atoms with E-state index in [0.29, 0.717) is 17.8 Å². The maximum Gasteiger partial charge on any atom is 0.252 e. The fourth-order valence-corrected chi connectivity index (χ4v) is 4.30. The smallest absolute Gasteiger partial charge is 0.252 e. The molecule has 4 aromatic heterocycles. The molecule has 0 aliphatic rings. The number of hydrogen-bond donors (Lipinski definition) is 1. The molecule has 178 valence electrons. The molecule has 7 nitrogen and oxygen atoms in total. The number of hydrogen-bond acceptors (Lipinski definition) is 5. The number of amides is 1. The number of nitrogens with one attached hydrogen (secondary N) is 1. The van der Waals surface area contributed by atoms with Crippen molar-refractivity contribution in [3.63, 3.8) is 0 Å². The molecule has 0 aliphatic carbocycles. The lowest BCUT2D eigenvalue weighted by Gasteiger charge is -2.11. The molecule has 0 saturated heterocycles. The van der Waals surface area contributed by atoms with Crippen molar-refractivity contribution in [2.24, 2.45) is 0 Å². The molecule has 0 fully saturated rings. The van der Waals surface area contributed by atoms with Crippen LogP contribution in [0.1, 0.15) is 15.9 Å². The molecular formula is C30H22N6O.